The van der Waals surface area contributed by atoms with E-state index in [1.807, 2.05) is 39.0 Å². The number of carbonyl (C=O) groups excluding carboxylic acids is 1. The number of allylic oxidation sites excluding steroid dienone is 1. The number of ether oxygens (including phenoxy) is 2. The van der Waals surface area contributed by atoms with Crippen molar-refractivity contribution in [3.8, 4) is 0 Å². The van der Waals surface area contributed by atoms with Gasteiger partial charge in [-0.3, -0.25) is 4.79 Å². The molecule has 0 saturated carbocycles. The largest absolute Gasteiger partial charge is 0.494 e. The summed E-state index contributed by atoms with van der Waals surface area (Å²) in [6.45, 7) is 10.6. The van der Waals surface area contributed by atoms with E-state index < -0.39 is 0 Å². The molecule has 23 heavy (non-hydrogen) atoms. The molecular formula is C20H28O3. The molecule has 0 spiro atoms. The third-order valence-electron chi connectivity index (χ3n) is 4.85. The summed E-state index contributed by atoms with van der Waals surface area (Å²) in [5.41, 5.74) is 1.91. The van der Waals surface area contributed by atoms with Crippen molar-refractivity contribution in [3.05, 3.63) is 47.2 Å². The maximum Gasteiger partial charge on any atom is 0.168 e. The molecule has 0 radical (unpaired) electrons. The summed E-state index contributed by atoms with van der Waals surface area (Å²) in [4.78, 5) is 12.4. The van der Waals surface area contributed by atoms with E-state index in [0.29, 0.717) is 6.61 Å². The molecule has 3 nitrogen and oxygen atoms in total. The summed E-state index contributed by atoms with van der Waals surface area (Å²) in [7, 11) is 0. The van der Waals surface area contributed by atoms with Gasteiger partial charge in [-0.15, -0.1) is 0 Å². The van der Waals surface area contributed by atoms with Crippen LogP contribution in [0.3, 0.4) is 0 Å². The SMILES string of the molecule is CC[C@H](OCc1ccccc1)[C@H](C)C1=C(C)C(=O)[C@H](C)[C@H](C)O1. The fourth-order valence-corrected chi connectivity index (χ4v) is 3.08. The number of Topliss-reactive ketones (excluding diaryl/α,β-unsaturated/α-hetero) is 1. The van der Waals surface area contributed by atoms with Crippen molar-refractivity contribution >= 4 is 5.78 Å². The van der Waals surface area contributed by atoms with Gasteiger partial charge in [-0.25, -0.2) is 0 Å². The van der Waals surface area contributed by atoms with Gasteiger partial charge in [-0.05, 0) is 25.8 Å². The van der Waals surface area contributed by atoms with Crippen molar-refractivity contribution in [2.45, 2.75) is 59.9 Å². The van der Waals surface area contributed by atoms with Gasteiger partial charge in [0, 0.05) is 11.5 Å². The zero-order chi connectivity index (χ0) is 17.0. The van der Waals surface area contributed by atoms with Crippen LogP contribution in [0.2, 0.25) is 0 Å². The Morgan fingerprint density at radius 1 is 1.22 bits per heavy atom. The third-order valence-corrected chi connectivity index (χ3v) is 4.85. The van der Waals surface area contributed by atoms with Crippen molar-refractivity contribution in [1.29, 1.82) is 0 Å². The summed E-state index contributed by atoms with van der Waals surface area (Å²) in [5.74, 6) is 1.00. The summed E-state index contributed by atoms with van der Waals surface area (Å²) in [5, 5.41) is 0. The molecule has 4 atom stereocenters. The Morgan fingerprint density at radius 2 is 1.87 bits per heavy atom. The van der Waals surface area contributed by atoms with E-state index in [2.05, 4.69) is 26.0 Å². The maximum absolute atomic E-state index is 12.4. The predicted octanol–water partition coefficient (Wildman–Crippen LogP) is 4.52. The number of hydrogen-bond acceptors (Lipinski definition) is 3. The molecular weight excluding hydrogens is 288 g/mol. The van der Waals surface area contributed by atoms with E-state index in [0.717, 1.165) is 23.3 Å². The van der Waals surface area contributed by atoms with Gasteiger partial charge in [0.25, 0.3) is 0 Å². The lowest BCUT2D eigenvalue weighted by Gasteiger charge is -2.34. The highest BCUT2D eigenvalue weighted by Crippen LogP contribution is 2.32. The lowest BCUT2D eigenvalue weighted by atomic mass is 9.87. The Bertz CT molecular complexity index is 562. The molecule has 0 unspecified atom stereocenters. The minimum Gasteiger partial charge on any atom is -0.494 e. The van der Waals surface area contributed by atoms with Crippen molar-refractivity contribution in [2.24, 2.45) is 11.8 Å². The molecule has 0 amide bonds. The van der Waals surface area contributed by atoms with E-state index >= 15 is 0 Å². The fourth-order valence-electron chi connectivity index (χ4n) is 3.08. The molecule has 1 aliphatic rings. The van der Waals surface area contributed by atoms with Gasteiger partial charge in [0.2, 0.25) is 0 Å². The first-order chi connectivity index (χ1) is 11.0. The van der Waals surface area contributed by atoms with Crippen LogP contribution in [0.4, 0.5) is 0 Å². The van der Waals surface area contributed by atoms with Crippen LogP contribution < -0.4 is 0 Å². The highest BCUT2D eigenvalue weighted by Gasteiger charge is 2.35. The first kappa shape index (κ1) is 17.7. The lowest BCUT2D eigenvalue weighted by Crippen LogP contribution is -2.36. The average molecular weight is 316 g/mol. The van der Waals surface area contributed by atoms with Gasteiger partial charge in [-0.2, -0.15) is 0 Å². The smallest absolute Gasteiger partial charge is 0.168 e. The Balaban J connectivity index is 2.10. The highest BCUT2D eigenvalue weighted by molar-refractivity contribution is 5.97. The van der Waals surface area contributed by atoms with Crippen LogP contribution in [0.15, 0.2) is 41.7 Å². The molecule has 0 aromatic heterocycles. The van der Waals surface area contributed by atoms with Gasteiger partial charge < -0.3 is 9.47 Å². The topological polar surface area (TPSA) is 35.5 Å². The summed E-state index contributed by atoms with van der Waals surface area (Å²) >= 11 is 0. The average Bonchev–Trinajstić information content (AvgIpc) is 2.57. The predicted molar refractivity (Wildman–Crippen MR) is 91.9 cm³/mol. The number of carbonyl (C=O) groups is 1. The Hall–Kier alpha value is -1.61. The van der Waals surface area contributed by atoms with Crippen LogP contribution in [0, 0.1) is 11.8 Å². The van der Waals surface area contributed by atoms with Crippen LogP contribution in [0.25, 0.3) is 0 Å². The number of hydrogen-bond donors (Lipinski definition) is 0. The van der Waals surface area contributed by atoms with Crippen LogP contribution in [0.5, 0.6) is 0 Å². The Labute approximate surface area is 139 Å². The van der Waals surface area contributed by atoms with Crippen molar-refractivity contribution in [1.82, 2.24) is 0 Å². The molecule has 0 aliphatic carbocycles. The molecule has 0 saturated heterocycles. The van der Waals surface area contributed by atoms with Crippen molar-refractivity contribution in [3.63, 3.8) is 0 Å². The quantitative estimate of drug-likeness (QED) is 0.774. The van der Waals surface area contributed by atoms with Crippen molar-refractivity contribution in [2.75, 3.05) is 0 Å². The molecule has 0 N–H and O–H groups in total. The van der Waals surface area contributed by atoms with Gasteiger partial charge in [0.05, 0.1) is 18.6 Å². The van der Waals surface area contributed by atoms with Crippen LogP contribution in [-0.2, 0) is 20.9 Å². The van der Waals surface area contributed by atoms with Gasteiger partial charge >= 0.3 is 0 Å². The van der Waals surface area contributed by atoms with Gasteiger partial charge in [-0.1, -0.05) is 51.1 Å². The number of benzene rings is 1. The molecule has 1 aliphatic heterocycles. The standard InChI is InChI=1S/C20H28O3/c1-6-18(22-12-17-10-8-7-9-11-17)14(3)20-15(4)19(21)13(2)16(5)23-20/h7-11,13-14,16,18H,6,12H2,1-5H3/t13-,14+,16+,18+/m1/s1. The molecule has 3 heteroatoms. The van der Waals surface area contributed by atoms with Crippen LogP contribution in [-0.4, -0.2) is 18.0 Å². The van der Waals surface area contributed by atoms with E-state index in [4.69, 9.17) is 9.47 Å². The molecule has 126 valence electrons. The van der Waals surface area contributed by atoms with E-state index in [1.54, 1.807) is 0 Å². The van der Waals surface area contributed by atoms with Gasteiger partial charge in [0.1, 0.15) is 11.9 Å². The lowest BCUT2D eigenvalue weighted by molar-refractivity contribution is -0.125. The molecule has 0 bridgehead atoms. The van der Waals surface area contributed by atoms with E-state index in [1.165, 1.54) is 0 Å². The minimum absolute atomic E-state index is 0.0357. The van der Waals surface area contributed by atoms with Crippen LogP contribution in [0.1, 0.15) is 46.6 Å². The number of ketones is 1. The second-order valence-electron chi connectivity index (χ2n) is 6.50. The second-order valence-corrected chi connectivity index (χ2v) is 6.50. The third kappa shape index (κ3) is 4.03. The molecule has 2 rings (SSSR count). The first-order valence-corrected chi connectivity index (χ1v) is 8.52. The normalized spacial score (nSPS) is 24.3. The molecule has 1 heterocycles. The van der Waals surface area contributed by atoms with Crippen LogP contribution >= 0.6 is 0 Å². The fraction of sp³-hybridized carbons (Fsp3) is 0.550. The van der Waals surface area contributed by atoms with E-state index in [9.17, 15) is 4.79 Å². The Morgan fingerprint density at radius 3 is 2.48 bits per heavy atom. The maximum atomic E-state index is 12.4. The molecule has 1 aromatic rings. The summed E-state index contributed by atoms with van der Waals surface area (Å²) in [6, 6.07) is 10.2. The second kappa shape index (κ2) is 7.78. The van der Waals surface area contributed by atoms with Crippen molar-refractivity contribution < 1.29 is 14.3 Å². The number of rotatable bonds is 6. The highest BCUT2D eigenvalue weighted by atomic mass is 16.5. The van der Waals surface area contributed by atoms with Gasteiger partial charge in [0.15, 0.2) is 5.78 Å². The van der Waals surface area contributed by atoms with E-state index in [-0.39, 0.29) is 29.8 Å². The molecule has 0 fully saturated rings. The first-order valence-electron chi connectivity index (χ1n) is 8.52. The zero-order valence-electron chi connectivity index (χ0n) is 14.8. The summed E-state index contributed by atoms with van der Waals surface area (Å²) < 4.78 is 12.2. The monoisotopic (exact) mass is 316 g/mol. The molecule has 1 aromatic carbocycles. The summed E-state index contributed by atoms with van der Waals surface area (Å²) in [6.07, 6.45) is 0.843. The zero-order valence-corrected chi connectivity index (χ0v) is 14.8. The Kier molecular flexibility index (Phi) is 6.00. The minimum atomic E-state index is -0.0738.